The first kappa shape index (κ1) is 15.9. The number of hydrogen-bond donors (Lipinski definition) is 0. The number of nitrogens with zero attached hydrogens (tertiary/aromatic N) is 1. The Hall–Kier alpha value is -3.01. The molecule has 2 aromatic carbocycles. The van der Waals surface area contributed by atoms with Gasteiger partial charge in [0.05, 0.1) is 27.0 Å². The molecule has 0 aliphatic rings. The Morgan fingerprint density at radius 2 is 1.29 bits per heavy atom. The van der Waals surface area contributed by atoms with Gasteiger partial charge in [0.1, 0.15) is 5.75 Å². The van der Waals surface area contributed by atoms with Crippen LogP contribution in [0.5, 0.6) is 17.2 Å². The Morgan fingerprint density at radius 1 is 0.625 bits per heavy atom. The third-order valence-electron chi connectivity index (χ3n) is 3.86. The van der Waals surface area contributed by atoms with Crippen LogP contribution in [0.3, 0.4) is 0 Å². The maximum atomic E-state index is 5.38. The van der Waals surface area contributed by atoms with E-state index in [4.69, 9.17) is 14.2 Å². The molecule has 0 bridgehead atoms. The van der Waals surface area contributed by atoms with Gasteiger partial charge in [0.2, 0.25) is 0 Å². The van der Waals surface area contributed by atoms with Crippen molar-refractivity contribution >= 4 is 0 Å². The minimum absolute atomic E-state index is 0.706. The van der Waals surface area contributed by atoms with Crippen molar-refractivity contribution in [1.29, 1.82) is 0 Å². The molecule has 3 rings (SSSR count). The van der Waals surface area contributed by atoms with Crippen molar-refractivity contribution in [2.24, 2.45) is 0 Å². The summed E-state index contributed by atoms with van der Waals surface area (Å²) < 4.78 is 15.9. The predicted octanol–water partition coefficient (Wildman–Crippen LogP) is 4.44. The maximum absolute atomic E-state index is 5.38. The zero-order valence-corrected chi connectivity index (χ0v) is 13.9. The Balaban J connectivity index is 1.98. The molecule has 0 fully saturated rings. The van der Waals surface area contributed by atoms with Crippen molar-refractivity contribution in [3.63, 3.8) is 0 Å². The van der Waals surface area contributed by atoms with Crippen molar-refractivity contribution < 1.29 is 14.2 Å². The molecular formula is C20H19NO3. The molecular weight excluding hydrogens is 302 g/mol. The highest BCUT2D eigenvalue weighted by Gasteiger charge is 2.08. The van der Waals surface area contributed by atoms with Crippen LogP contribution < -0.4 is 14.2 Å². The summed E-state index contributed by atoms with van der Waals surface area (Å²) in [5.74, 6) is 2.25. The predicted molar refractivity (Wildman–Crippen MR) is 94.8 cm³/mol. The number of pyridine rings is 1. The topological polar surface area (TPSA) is 40.6 Å². The fourth-order valence-corrected chi connectivity index (χ4v) is 2.55. The first-order chi connectivity index (χ1) is 11.7. The van der Waals surface area contributed by atoms with Crippen LogP contribution in [0.15, 0.2) is 60.8 Å². The average molecular weight is 321 g/mol. The van der Waals surface area contributed by atoms with Crippen LogP contribution >= 0.6 is 0 Å². The Morgan fingerprint density at radius 3 is 1.96 bits per heavy atom. The number of rotatable bonds is 5. The highest BCUT2D eigenvalue weighted by atomic mass is 16.5. The molecule has 4 nitrogen and oxygen atoms in total. The van der Waals surface area contributed by atoms with Gasteiger partial charge in [0, 0.05) is 11.8 Å². The molecule has 0 spiro atoms. The third kappa shape index (κ3) is 3.18. The second-order valence-electron chi connectivity index (χ2n) is 5.23. The standard InChI is InChI=1S/C20H19NO3/c1-22-17-7-4-14(5-8-17)18-12-16(10-11-21-18)15-6-9-19(23-2)20(13-15)24-3/h4-13H,1-3H3. The van der Waals surface area contributed by atoms with Crippen molar-refractivity contribution in [3.8, 4) is 39.6 Å². The van der Waals surface area contributed by atoms with Crippen molar-refractivity contribution in [2.45, 2.75) is 0 Å². The van der Waals surface area contributed by atoms with Gasteiger partial charge in [0.15, 0.2) is 11.5 Å². The minimum Gasteiger partial charge on any atom is -0.497 e. The van der Waals surface area contributed by atoms with Gasteiger partial charge < -0.3 is 14.2 Å². The molecule has 1 heterocycles. The lowest BCUT2D eigenvalue weighted by atomic mass is 10.0. The summed E-state index contributed by atoms with van der Waals surface area (Å²) in [5, 5.41) is 0. The molecule has 4 heteroatoms. The van der Waals surface area contributed by atoms with E-state index in [1.807, 2.05) is 54.7 Å². The minimum atomic E-state index is 0.706. The van der Waals surface area contributed by atoms with Crippen LogP contribution in [0.2, 0.25) is 0 Å². The van der Waals surface area contributed by atoms with Gasteiger partial charge in [0.25, 0.3) is 0 Å². The Kier molecular flexibility index (Phi) is 4.66. The molecule has 0 aliphatic carbocycles. The molecule has 0 unspecified atom stereocenters. The summed E-state index contributed by atoms with van der Waals surface area (Å²) in [6.07, 6.45) is 1.81. The molecule has 122 valence electrons. The Bertz CT molecular complexity index is 829. The summed E-state index contributed by atoms with van der Waals surface area (Å²) in [7, 11) is 4.92. The van der Waals surface area contributed by atoms with Gasteiger partial charge in [-0.25, -0.2) is 0 Å². The van der Waals surface area contributed by atoms with E-state index in [9.17, 15) is 0 Å². The number of aromatic nitrogens is 1. The maximum Gasteiger partial charge on any atom is 0.161 e. The molecule has 0 saturated heterocycles. The van der Waals surface area contributed by atoms with E-state index in [-0.39, 0.29) is 0 Å². The second-order valence-corrected chi connectivity index (χ2v) is 5.23. The van der Waals surface area contributed by atoms with Crippen molar-refractivity contribution in [2.75, 3.05) is 21.3 Å². The first-order valence-electron chi connectivity index (χ1n) is 7.58. The molecule has 0 aliphatic heterocycles. The van der Waals surface area contributed by atoms with E-state index in [2.05, 4.69) is 11.1 Å². The summed E-state index contributed by atoms with van der Waals surface area (Å²) in [4.78, 5) is 4.47. The van der Waals surface area contributed by atoms with E-state index >= 15 is 0 Å². The van der Waals surface area contributed by atoms with Gasteiger partial charge in [-0.15, -0.1) is 0 Å². The molecule has 3 aromatic rings. The highest BCUT2D eigenvalue weighted by Crippen LogP contribution is 2.33. The van der Waals surface area contributed by atoms with E-state index in [1.165, 1.54) is 0 Å². The fraction of sp³-hybridized carbons (Fsp3) is 0.150. The average Bonchev–Trinajstić information content (AvgIpc) is 2.67. The molecule has 0 amide bonds. The molecule has 24 heavy (non-hydrogen) atoms. The molecule has 0 saturated carbocycles. The second kappa shape index (κ2) is 7.04. The highest BCUT2D eigenvalue weighted by molar-refractivity contribution is 5.72. The van der Waals surface area contributed by atoms with E-state index in [1.54, 1.807) is 21.3 Å². The van der Waals surface area contributed by atoms with Crippen LogP contribution in [0, 0.1) is 0 Å². The smallest absolute Gasteiger partial charge is 0.161 e. The molecule has 0 atom stereocenters. The van der Waals surface area contributed by atoms with Crippen LogP contribution in [0.4, 0.5) is 0 Å². The fourth-order valence-electron chi connectivity index (χ4n) is 2.55. The van der Waals surface area contributed by atoms with Gasteiger partial charge in [-0.05, 0) is 59.7 Å². The van der Waals surface area contributed by atoms with Gasteiger partial charge in [-0.2, -0.15) is 0 Å². The van der Waals surface area contributed by atoms with E-state index < -0.39 is 0 Å². The number of benzene rings is 2. The number of hydrogen-bond acceptors (Lipinski definition) is 4. The largest absolute Gasteiger partial charge is 0.497 e. The van der Waals surface area contributed by atoms with Gasteiger partial charge >= 0.3 is 0 Å². The van der Waals surface area contributed by atoms with Crippen LogP contribution in [-0.2, 0) is 0 Å². The first-order valence-corrected chi connectivity index (χ1v) is 7.58. The number of methoxy groups -OCH3 is 3. The normalized spacial score (nSPS) is 10.3. The van der Waals surface area contributed by atoms with Crippen molar-refractivity contribution in [3.05, 3.63) is 60.8 Å². The SMILES string of the molecule is COc1ccc(-c2cc(-c3ccc(OC)c(OC)c3)ccn2)cc1. The summed E-state index contributed by atoms with van der Waals surface area (Å²) in [6.45, 7) is 0. The van der Waals surface area contributed by atoms with Gasteiger partial charge in [-0.1, -0.05) is 6.07 Å². The lowest BCUT2D eigenvalue weighted by Crippen LogP contribution is -1.91. The zero-order chi connectivity index (χ0) is 16.9. The van der Waals surface area contributed by atoms with Gasteiger partial charge in [-0.3, -0.25) is 4.98 Å². The lowest BCUT2D eigenvalue weighted by Gasteiger charge is -2.10. The monoisotopic (exact) mass is 321 g/mol. The van der Waals surface area contributed by atoms with E-state index in [0.29, 0.717) is 11.5 Å². The lowest BCUT2D eigenvalue weighted by molar-refractivity contribution is 0.355. The summed E-state index contributed by atoms with van der Waals surface area (Å²) in [6, 6.07) is 17.8. The van der Waals surface area contributed by atoms with Crippen LogP contribution in [0.1, 0.15) is 0 Å². The van der Waals surface area contributed by atoms with Crippen molar-refractivity contribution in [1.82, 2.24) is 4.98 Å². The molecule has 0 radical (unpaired) electrons. The Labute approximate surface area is 141 Å². The zero-order valence-electron chi connectivity index (χ0n) is 13.9. The van der Waals surface area contributed by atoms with E-state index in [0.717, 1.165) is 28.1 Å². The third-order valence-corrected chi connectivity index (χ3v) is 3.86. The van der Waals surface area contributed by atoms with Crippen LogP contribution in [-0.4, -0.2) is 26.3 Å². The summed E-state index contributed by atoms with van der Waals surface area (Å²) in [5.41, 5.74) is 4.06. The summed E-state index contributed by atoms with van der Waals surface area (Å²) >= 11 is 0. The number of ether oxygens (including phenoxy) is 3. The molecule has 0 N–H and O–H groups in total. The quantitative estimate of drug-likeness (QED) is 0.696. The van der Waals surface area contributed by atoms with Crippen LogP contribution in [0.25, 0.3) is 22.4 Å². The molecule has 1 aromatic heterocycles.